The maximum Gasteiger partial charge on any atom is 0.270 e. The van der Waals surface area contributed by atoms with Crippen LogP contribution in [0.2, 0.25) is 0 Å². The van der Waals surface area contributed by atoms with Crippen molar-refractivity contribution in [1.82, 2.24) is 20.6 Å². The Morgan fingerprint density at radius 3 is 2.94 bits per heavy atom. The molecule has 0 atom stereocenters. The van der Waals surface area contributed by atoms with Gasteiger partial charge in [0.2, 0.25) is 0 Å². The summed E-state index contributed by atoms with van der Waals surface area (Å²) < 4.78 is 13.9. The molecule has 0 spiro atoms. The number of tetrazole rings is 1. The number of halogens is 2. The van der Waals surface area contributed by atoms with Gasteiger partial charge in [-0.3, -0.25) is 10.1 Å². The van der Waals surface area contributed by atoms with E-state index in [2.05, 4.69) is 41.9 Å². The molecule has 0 unspecified atom stereocenters. The van der Waals surface area contributed by atoms with Crippen LogP contribution in [0.3, 0.4) is 0 Å². The molecule has 0 saturated heterocycles. The summed E-state index contributed by atoms with van der Waals surface area (Å²) in [6.45, 7) is 0. The third kappa shape index (κ3) is 2.22. The smallest absolute Gasteiger partial charge is 0.270 e. The Bertz CT molecular complexity index is 515. The van der Waals surface area contributed by atoms with E-state index in [0.717, 1.165) is 0 Å². The van der Waals surface area contributed by atoms with Crippen LogP contribution in [0.5, 0.6) is 0 Å². The summed E-state index contributed by atoms with van der Waals surface area (Å²) in [5, 5.41) is 14.7. The van der Waals surface area contributed by atoms with Gasteiger partial charge >= 0.3 is 0 Å². The molecule has 8 heteroatoms. The quantitative estimate of drug-likeness (QED) is 0.873. The topological polar surface area (TPSA) is 83.6 Å². The second-order valence-corrected chi connectivity index (χ2v) is 3.73. The van der Waals surface area contributed by atoms with Gasteiger partial charge < -0.3 is 0 Å². The van der Waals surface area contributed by atoms with E-state index in [1.54, 1.807) is 6.07 Å². The van der Waals surface area contributed by atoms with E-state index in [4.69, 9.17) is 0 Å². The second-order valence-electron chi connectivity index (χ2n) is 2.81. The number of H-pyrrole nitrogens is 1. The lowest BCUT2D eigenvalue weighted by Crippen LogP contribution is -2.14. The van der Waals surface area contributed by atoms with Crippen molar-refractivity contribution in [1.29, 1.82) is 0 Å². The van der Waals surface area contributed by atoms with E-state index in [1.807, 2.05) is 0 Å². The zero-order chi connectivity index (χ0) is 11.5. The summed E-state index contributed by atoms with van der Waals surface area (Å²) in [7, 11) is 0. The molecule has 2 N–H and O–H groups in total. The predicted octanol–water partition coefficient (Wildman–Crippen LogP) is 1.35. The van der Waals surface area contributed by atoms with Gasteiger partial charge in [0.05, 0.1) is 5.56 Å². The minimum absolute atomic E-state index is 0.00711. The number of amides is 1. The summed E-state index contributed by atoms with van der Waals surface area (Å²) in [4.78, 5) is 11.6. The van der Waals surface area contributed by atoms with Gasteiger partial charge in [-0.2, -0.15) is 5.21 Å². The molecular weight excluding hydrogens is 281 g/mol. The number of hydrogen-bond donors (Lipinski definition) is 2. The van der Waals surface area contributed by atoms with Gasteiger partial charge in [-0.05, 0) is 23.4 Å². The first kappa shape index (κ1) is 10.7. The molecule has 82 valence electrons. The lowest BCUT2D eigenvalue weighted by Gasteiger charge is -2.02. The minimum atomic E-state index is -0.633. The van der Waals surface area contributed by atoms with Crippen molar-refractivity contribution in [3.63, 3.8) is 0 Å². The maximum absolute atomic E-state index is 13.4. The first-order valence-electron chi connectivity index (χ1n) is 4.16. The summed E-state index contributed by atoms with van der Waals surface area (Å²) >= 11 is 3.09. The molecule has 1 amide bonds. The lowest BCUT2D eigenvalue weighted by atomic mass is 10.2. The Labute approximate surface area is 97.4 Å². The number of carbonyl (C=O) groups excluding carboxylic acids is 1. The van der Waals surface area contributed by atoms with Crippen molar-refractivity contribution in [3.05, 3.63) is 34.1 Å². The highest BCUT2D eigenvalue weighted by molar-refractivity contribution is 9.10. The van der Waals surface area contributed by atoms with E-state index < -0.39 is 11.7 Å². The van der Waals surface area contributed by atoms with Gasteiger partial charge in [0.1, 0.15) is 5.82 Å². The first-order valence-corrected chi connectivity index (χ1v) is 4.96. The van der Waals surface area contributed by atoms with E-state index >= 15 is 0 Å². The van der Waals surface area contributed by atoms with Crippen LogP contribution in [0.15, 0.2) is 22.7 Å². The molecule has 6 nitrogen and oxygen atoms in total. The van der Waals surface area contributed by atoms with Crippen molar-refractivity contribution in [3.8, 4) is 0 Å². The summed E-state index contributed by atoms with van der Waals surface area (Å²) in [6.07, 6.45) is 0. The van der Waals surface area contributed by atoms with E-state index in [9.17, 15) is 9.18 Å². The molecule has 0 aliphatic rings. The van der Waals surface area contributed by atoms with Crippen LogP contribution >= 0.6 is 15.9 Å². The molecule has 0 radical (unpaired) electrons. The van der Waals surface area contributed by atoms with E-state index in [0.29, 0.717) is 4.47 Å². The fourth-order valence-electron chi connectivity index (χ4n) is 1.06. The number of rotatable bonds is 2. The number of aromatic amines is 1. The molecule has 1 aromatic carbocycles. The molecular formula is C8H5BrFN5O. The highest BCUT2D eigenvalue weighted by Gasteiger charge is 2.13. The molecule has 16 heavy (non-hydrogen) atoms. The predicted molar refractivity (Wildman–Crippen MR) is 56.2 cm³/mol. The number of nitrogens with zero attached hydrogens (tertiary/aromatic N) is 3. The second kappa shape index (κ2) is 4.35. The van der Waals surface area contributed by atoms with Gasteiger partial charge in [-0.25, -0.2) is 4.39 Å². The molecule has 0 aliphatic heterocycles. The highest BCUT2D eigenvalue weighted by atomic mass is 79.9. The van der Waals surface area contributed by atoms with Gasteiger partial charge in [0, 0.05) is 4.47 Å². The zero-order valence-corrected chi connectivity index (χ0v) is 9.32. The molecule has 0 bridgehead atoms. The fraction of sp³-hybridized carbons (Fsp3) is 0. The zero-order valence-electron chi connectivity index (χ0n) is 7.74. The highest BCUT2D eigenvalue weighted by Crippen LogP contribution is 2.15. The Morgan fingerprint density at radius 2 is 2.31 bits per heavy atom. The number of nitrogens with one attached hydrogen (secondary N) is 2. The Balaban J connectivity index is 2.21. The van der Waals surface area contributed by atoms with Gasteiger partial charge in [-0.1, -0.05) is 21.0 Å². The van der Waals surface area contributed by atoms with Crippen LogP contribution in [-0.4, -0.2) is 26.5 Å². The molecule has 0 fully saturated rings. The largest absolute Gasteiger partial charge is 0.288 e. The normalized spacial score (nSPS) is 10.1. The molecule has 0 saturated carbocycles. The monoisotopic (exact) mass is 285 g/mol. The summed E-state index contributed by atoms with van der Waals surface area (Å²) in [5.41, 5.74) is -0.0898. The van der Waals surface area contributed by atoms with Crippen molar-refractivity contribution < 1.29 is 9.18 Å². The lowest BCUT2D eigenvalue weighted by molar-refractivity contribution is 0.102. The summed E-state index contributed by atoms with van der Waals surface area (Å²) in [6, 6.07) is 4.12. The van der Waals surface area contributed by atoms with Crippen molar-refractivity contribution in [2.75, 3.05) is 5.32 Å². The van der Waals surface area contributed by atoms with Crippen molar-refractivity contribution in [2.24, 2.45) is 0 Å². The Morgan fingerprint density at radius 1 is 1.50 bits per heavy atom. The summed E-state index contributed by atoms with van der Waals surface area (Å²) in [5.74, 6) is -1.27. The van der Waals surface area contributed by atoms with Crippen LogP contribution in [0.25, 0.3) is 0 Å². The van der Waals surface area contributed by atoms with Crippen LogP contribution in [0, 0.1) is 5.82 Å². The van der Waals surface area contributed by atoms with Crippen LogP contribution in [-0.2, 0) is 0 Å². The average Bonchev–Trinajstić information content (AvgIpc) is 2.70. The van der Waals surface area contributed by atoms with Crippen molar-refractivity contribution >= 4 is 27.8 Å². The SMILES string of the molecule is O=C(Nc1nn[nH]n1)c1ccc(Br)cc1F. The Hall–Kier alpha value is -1.83. The Kier molecular flexibility index (Phi) is 2.91. The maximum atomic E-state index is 13.4. The molecule has 1 aromatic heterocycles. The minimum Gasteiger partial charge on any atom is -0.288 e. The van der Waals surface area contributed by atoms with E-state index in [-0.39, 0.29) is 11.5 Å². The number of aromatic nitrogens is 4. The number of hydrogen-bond acceptors (Lipinski definition) is 4. The van der Waals surface area contributed by atoms with Gasteiger partial charge in [0.15, 0.2) is 0 Å². The average molecular weight is 286 g/mol. The van der Waals surface area contributed by atoms with Gasteiger partial charge in [-0.15, -0.1) is 5.10 Å². The number of carbonyl (C=O) groups is 1. The van der Waals surface area contributed by atoms with E-state index in [1.165, 1.54) is 12.1 Å². The fourth-order valence-corrected chi connectivity index (χ4v) is 1.39. The van der Waals surface area contributed by atoms with Crippen LogP contribution < -0.4 is 5.32 Å². The molecule has 1 heterocycles. The first-order chi connectivity index (χ1) is 7.66. The standard InChI is InChI=1S/C8H5BrFN5O/c9-4-1-2-5(6(10)3-4)7(16)11-8-12-14-15-13-8/h1-3H,(H2,11,12,13,14,15,16). The third-order valence-electron chi connectivity index (χ3n) is 1.75. The molecule has 2 aromatic rings. The van der Waals surface area contributed by atoms with Crippen molar-refractivity contribution in [2.45, 2.75) is 0 Å². The third-order valence-corrected chi connectivity index (χ3v) is 2.24. The van der Waals surface area contributed by atoms with Gasteiger partial charge in [0.25, 0.3) is 11.9 Å². The number of benzene rings is 1. The van der Waals surface area contributed by atoms with Crippen LogP contribution in [0.4, 0.5) is 10.3 Å². The number of anilines is 1. The van der Waals surface area contributed by atoms with Crippen LogP contribution in [0.1, 0.15) is 10.4 Å². The molecule has 2 rings (SSSR count). The molecule has 0 aliphatic carbocycles.